The number of likely N-dealkylation sites (tertiary alicyclic amines) is 1. The van der Waals surface area contributed by atoms with Crippen LogP contribution >= 0.6 is 22.6 Å². The summed E-state index contributed by atoms with van der Waals surface area (Å²) in [7, 11) is 0. The zero-order chi connectivity index (χ0) is 14.4. The Kier molecular flexibility index (Phi) is 3.77. The fourth-order valence-electron chi connectivity index (χ4n) is 3.80. The van der Waals surface area contributed by atoms with Gasteiger partial charge in [0.05, 0.1) is 6.10 Å². The van der Waals surface area contributed by atoms with Crippen molar-refractivity contribution < 1.29 is 15.0 Å². The number of alkyl halides is 1. The number of fused-ring (bicyclic) bond motifs is 2. The molecule has 2 N–H and O–H groups in total. The lowest BCUT2D eigenvalue weighted by atomic mass is 9.94. The SMILES string of the molecule is C[C@H](c1ccccc1)N1[C@@H]2[C@@H](I)[C@@H](C[C@H]2O)[C@H]1C(=O)O. The van der Waals surface area contributed by atoms with Gasteiger partial charge in [0.25, 0.3) is 0 Å². The molecule has 0 spiro atoms. The Bertz CT molecular complexity index is 509. The number of hydrogen-bond donors (Lipinski definition) is 2. The van der Waals surface area contributed by atoms with Crippen LogP contribution in [-0.4, -0.2) is 43.2 Å². The molecule has 1 heterocycles. The summed E-state index contributed by atoms with van der Waals surface area (Å²) in [4.78, 5) is 13.7. The van der Waals surface area contributed by atoms with Crippen LogP contribution in [0.2, 0.25) is 0 Å². The fourth-order valence-corrected chi connectivity index (χ4v) is 5.34. The second-order valence-corrected chi connectivity index (χ2v) is 7.16. The van der Waals surface area contributed by atoms with Gasteiger partial charge in [-0.1, -0.05) is 52.9 Å². The Morgan fingerprint density at radius 1 is 1.40 bits per heavy atom. The normalized spacial score (nSPS) is 38.0. The number of benzene rings is 1. The van der Waals surface area contributed by atoms with Crippen molar-refractivity contribution in [2.75, 3.05) is 0 Å². The maximum atomic E-state index is 11.7. The Labute approximate surface area is 131 Å². The summed E-state index contributed by atoms with van der Waals surface area (Å²) in [6.07, 6.45) is 0.191. The number of aliphatic hydroxyl groups excluding tert-OH is 1. The van der Waals surface area contributed by atoms with Crippen molar-refractivity contribution in [1.82, 2.24) is 4.90 Å². The number of carboxylic acids is 1. The van der Waals surface area contributed by atoms with Gasteiger partial charge in [0.1, 0.15) is 6.04 Å². The third-order valence-electron chi connectivity index (χ3n) is 4.70. The minimum atomic E-state index is -0.770. The van der Waals surface area contributed by atoms with E-state index in [1.807, 2.05) is 42.2 Å². The third kappa shape index (κ3) is 2.07. The summed E-state index contributed by atoms with van der Waals surface area (Å²) in [5.41, 5.74) is 1.10. The van der Waals surface area contributed by atoms with Crippen molar-refractivity contribution in [2.45, 2.75) is 41.5 Å². The van der Waals surface area contributed by atoms with Gasteiger partial charge in [-0.05, 0) is 18.9 Å². The molecule has 6 atom stereocenters. The zero-order valence-corrected chi connectivity index (χ0v) is 13.3. The van der Waals surface area contributed by atoms with Crippen LogP contribution in [0.5, 0.6) is 0 Å². The zero-order valence-electron chi connectivity index (χ0n) is 11.2. The fraction of sp³-hybridized carbons (Fsp3) is 0.533. The lowest BCUT2D eigenvalue weighted by Gasteiger charge is -2.39. The number of carboxylic acid groups (broad SMARTS) is 1. The number of aliphatic carboxylic acids is 1. The molecule has 1 saturated heterocycles. The molecule has 1 aliphatic heterocycles. The van der Waals surface area contributed by atoms with Gasteiger partial charge >= 0.3 is 5.97 Å². The first-order valence-corrected chi connectivity index (χ1v) is 8.14. The molecule has 0 radical (unpaired) electrons. The van der Waals surface area contributed by atoms with E-state index in [1.54, 1.807) is 0 Å². The van der Waals surface area contributed by atoms with Gasteiger partial charge in [0.2, 0.25) is 0 Å². The van der Waals surface area contributed by atoms with Crippen LogP contribution < -0.4 is 0 Å². The molecule has 1 aromatic rings. The molecule has 2 aliphatic rings. The topological polar surface area (TPSA) is 60.8 Å². The maximum Gasteiger partial charge on any atom is 0.321 e. The highest BCUT2D eigenvalue weighted by atomic mass is 127. The van der Waals surface area contributed by atoms with E-state index < -0.39 is 18.1 Å². The van der Waals surface area contributed by atoms with Gasteiger partial charge in [-0.15, -0.1) is 0 Å². The van der Waals surface area contributed by atoms with Gasteiger partial charge in [0.15, 0.2) is 0 Å². The lowest BCUT2D eigenvalue weighted by Crippen LogP contribution is -2.51. The summed E-state index contributed by atoms with van der Waals surface area (Å²) in [6.45, 7) is 2.03. The molecule has 0 amide bonds. The molecule has 2 fully saturated rings. The van der Waals surface area contributed by atoms with E-state index in [2.05, 4.69) is 22.6 Å². The molecule has 4 nitrogen and oxygen atoms in total. The van der Waals surface area contributed by atoms with Crippen molar-refractivity contribution in [3.05, 3.63) is 35.9 Å². The number of carbonyl (C=O) groups is 1. The molecular weight excluding hydrogens is 369 g/mol. The quantitative estimate of drug-likeness (QED) is 0.616. The lowest BCUT2D eigenvalue weighted by molar-refractivity contribution is -0.148. The molecule has 0 unspecified atom stereocenters. The standard InChI is InChI=1S/C15H18INO3/c1-8(9-5-3-2-4-6-9)17-13(15(19)20)10-7-11(18)14(17)12(10)16/h2-6,8,10-14,18H,7H2,1H3,(H,19,20)/t8-,10-,11-,12+,13+,14+/m1/s1. The highest BCUT2D eigenvalue weighted by Crippen LogP contribution is 2.50. The molecule has 1 aromatic carbocycles. The molecule has 108 valence electrons. The smallest absolute Gasteiger partial charge is 0.321 e. The first kappa shape index (κ1) is 14.3. The largest absolute Gasteiger partial charge is 0.480 e. The van der Waals surface area contributed by atoms with Gasteiger partial charge in [0, 0.05) is 21.9 Å². The second-order valence-electron chi connectivity index (χ2n) is 5.72. The Morgan fingerprint density at radius 2 is 2.05 bits per heavy atom. The molecule has 1 saturated carbocycles. The van der Waals surface area contributed by atoms with Crippen LogP contribution in [0.3, 0.4) is 0 Å². The van der Waals surface area contributed by atoms with Crippen LogP contribution in [0.1, 0.15) is 24.9 Å². The first-order chi connectivity index (χ1) is 9.52. The van der Waals surface area contributed by atoms with Crippen LogP contribution in [0.25, 0.3) is 0 Å². The van der Waals surface area contributed by atoms with Crippen LogP contribution in [0.4, 0.5) is 0 Å². The van der Waals surface area contributed by atoms with E-state index in [9.17, 15) is 15.0 Å². The molecule has 2 bridgehead atoms. The first-order valence-electron chi connectivity index (χ1n) is 6.89. The van der Waals surface area contributed by atoms with Crippen molar-refractivity contribution in [3.8, 4) is 0 Å². The predicted molar refractivity (Wildman–Crippen MR) is 83.8 cm³/mol. The maximum absolute atomic E-state index is 11.7. The minimum absolute atomic E-state index is 0.000448. The minimum Gasteiger partial charge on any atom is -0.480 e. The molecule has 0 aromatic heterocycles. The summed E-state index contributed by atoms with van der Waals surface area (Å²) < 4.78 is 0.204. The molecule has 3 rings (SSSR count). The van der Waals surface area contributed by atoms with Crippen LogP contribution in [0, 0.1) is 5.92 Å². The summed E-state index contributed by atoms with van der Waals surface area (Å²) in [6, 6.07) is 9.38. The van der Waals surface area contributed by atoms with E-state index in [-0.39, 0.29) is 21.9 Å². The average molecular weight is 387 g/mol. The van der Waals surface area contributed by atoms with E-state index in [1.165, 1.54) is 0 Å². The van der Waals surface area contributed by atoms with E-state index in [0.29, 0.717) is 6.42 Å². The third-order valence-corrected chi connectivity index (χ3v) is 6.36. The highest BCUT2D eigenvalue weighted by molar-refractivity contribution is 14.1. The number of aliphatic hydroxyl groups is 1. The number of rotatable bonds is 3. The van der Waals surface area contributed by atoms with Crippen molar-refractivity contribution in [3.63, 3.8) is 0 Å². The predicted octanol–water partition coefficient (Wildman–Crippen LogP) is 2.07. The van der Waals surface area contributed by atoms with Gasteiger partial charge < -0.3 is 10.2 Å². The van der Waals surface area contributed by atoms with Crippen molar-refractivity contribution in [2.24, 2.45) is 5.92 Å². The Hall–Kier alpha value is -0.660. The monoisotopic (exact) mass is 387 g/mol. The number of hydrogen-bond acceptors (Lipinski definition) is 3. The van der Waals surface area contributed by atoms with Gasteiger partial charge in [-0.25, -0.2) is 0 Å². The van der Waals surface area contributed by atoms with Crippen LogP contribution in [-0.2, 0) is 4.79 Å². The molecular formula is C15H18INO3. The number of nitrogens with zero attached hydrogens (tertiary/aromatic N) is 1. The van der Waals surface area contributed by atoms with E-state index in [4.69, 9.17) is 0 Å². The molecule has 5 heteroatoms. The van der Waals surface area contributed by atoms with Gasteiger partial charge in [-0.2, -0.15) is 0 Å². The summed E-state index contributed by atoms with van der Waals surface area (Å²) in [5, 5.41) is 19.8. The average Bonchev–Trinajstić information content (AvgIpc) is 2.87. The van der Waals surface area contributed by atoms with Gasteiger partial charge in [-0.3, -0.25) is 9.69 Å². The van der Waals surface area contributed by atoms with Crippen molar-refractivity contribution in [1.29, 1.82) is 0 Å². The molecule has 1 aliphatic carbocycles. The number of halogens is 1. The summed E-state index contributed by atoms with van der Waals surface area (Å²) >= 11 is 2.31. The molecule has 20 heavy (non-hydrogen) atoms. The Balaban J connectivity index is 1.96. The number of piperidine rings is 1. The summed E-state index contributed by atoms with van der Waals surface area (Å²) in [5.74, 6) is -0.729. The highest BCUT2D eigenvalue weighted by Gasteiger charge is 2.60. The second kappa shape index (κ2) is 5.27. The van der Waals surface area contributed by atoms with E-state index >= 15 is 0 Å². The van der Waals surface area contributed by atoms with E-state index in [0.717, 1.165) is 5.56 Å². The Morgan fingerprint density at radius 3 is 2.65 bits per heavy atom. The van der Waals surface area contributed by atoms with Crippen molar-refractivity contribution >= 4 is 28.6 Å². The van der Waals surface area contributed by atoms with Crippen LogP contribution in [0.15, 0.2) is 30.3 Å².